The predicted molar refractivity (Wildman–Crippen MR) is 128 cm³/mol. The van der Waals surface area contributed by atoms with E-state index in [1.165, 1.54) is 7.11 Å². The van der Waals surface area contributed by atoms with Crippen molar-refractivity contribution in [3.63, 3.8) is 0 Å². The van der Waals surface area contributed by atoms with Crippen LogP contribution in [0.25, 0.3) is 0 Å². The summed E-state index contributed by atoms with van der Waals surface area (Å²) in [6.45, 7) is 2.83. The number of anilines is 2. The molecule has 1 aliphatic heterocycles. The van der Waals surface area contributed by atoms with Gasteiger partial charge in [-0.1, -0.05) is 0 Å². The first-order chi connectivity index (χ1) is 17.0. The van der Waals surface area contributed by atoms with Crippen LogP contribution in [0.4, 0.5) is 16.4 Å². The van der Waals surface area contributed by atoms with Crippen LogP contribution in [-0.2, 0) is 14.3 Å². The van der Waals surface area contributed by atoms with Crippen molar-refractivity contribution in [1.29, 1.82) is 0 Å². The van der Waals surface area contributed by atoms with E-state index >= 15 is 0 Å². The van der Waals surface area contributed by atoms with Gasteiger partial charge in [-0.2, -0.15) is 0 Å². The molecule has 12 nitrogen and oxygen atoms in total. The topological polar surface area (TPSA) is 146 Å². The van der Waals surface area contributed by atoms with Gasteiger partial charge in [0.15, 0.2) is 0 Å². The molecule has 0 saturated carbocycles. The molecule has 0 radical (unpaired) electrons. The SMILES string of the molecule is COC(=O)CCNC(=O)c1ccc(NC(=O)NCCC(=O)N2CCN(c3ncccn3)CC2)cc1. The minimum atomic E-state index is -0.445. The molecule has 12 heteroatoms. The van der Waals surface area contributed by atoms with Crippen molar-refractivity contribution in [2.24, 2.45) is 0 Å². The van der Waals surface area contributed by atoms with E-state index in [1.54, 1.807) is 47.6 Å². The standard InChI is InChI=1S/C23H29N7O5/c1-35-20(32)8-12-24-21(33)17-3-5-18(6-4-17)28-23(34)27-11-7-19(31)29-13-15-30(16-14-29)22-25-9-2-10-26-22/h2-6,9-10H,7-8,11-16H2,1H3,(H,24,33)(H2,27,28,34). The zero-order valence-corrected chi connectivity index (χ0v) is 19.5. The second kappa shape index (κ2) is 12.9. The second-order valence-electron chi connectivity index (χ2n) is 7.71. The Balaban J connectivity index is 1.33. The van der Waals surface area contributed by atoms with E-state index in [0.29, 0.717) is 43.4 Å². The maximum atomic E-state index is 12.5. The van der Waals surface area contributed by atoms with E-state index < -0.39 is 12.0 Å². The summed E-state index contributed by atoms with van der Waals surface area (Å²) in [6, 6.07) is 7.63. The number of carbonyl (C=O) groups excluding carboxylic acids is 4. The highest BCUT2D eigenvalue weighted by atomic mass is 16.5. The number of carbonyl (C=O) groups is 4. The molecular formula is C23H29N7O5. The molecule has 3 rings (SSSR count). The molecule has 2 aromatic rings. The van der Waals surface area contributed by atoms with Crippen molar-refractivity contribution >= 4 is 35.5 Å². The van der Waals surface area contributed by atoms with Gasteiger partial charge in [-0.05, 0) is 30.3 Å². The normalized spacial score (nSPS) is 13.1. The van der Waals surface area contributed by atoms with Gasteiger partial charge in [-0.15, -0.1) is 0 Å². The highest BCUT2D eigenvalue weighted by Gasteiger charge is 2.22. The largest absolute Gasteiger partial charge is 0.469 e. The van der Waals surface area contributed by atoms with E-state index in [9.17, 15) is 19.2 Å². The zero-order valence-electron chi connectivity index (χ0n) is 19.5. The lowest BCUT2D eigenvalue weighted by molar-refractivity contribution is -0.140. The molecule has 1 fully saturated rings. The number of hydrogen-bond acceptors (Lipinski definition) is 8. The average molecular weight is 484 g/mol. The molecule has 0 bridgehead atoms. The van der Waals surface area contributed by atoms with Crippen LogP contribution in [-0.4, -0.2) is 85.1 Å². The summed E-state index contributed by atoms with van der Waals surface area (Å²) in [5.41, 5.74) is 0.893. The smallest absolute Gasteiger partial charge is 0.319 e. The molecule has 0 atom stereocenters. The molecule has 1 aliphatic rings. The summed E-state index contributed by atoms with van der Waals surface area (Å²) in [5, 5.41) is 7.95. The maximum absolute atomic E-state index is 12.5. The Morgan fingerprint density at radius 3 is 2.23 bits per heavy atom. The molecule has 0 unspecified atom stereocenters. The first-order valence-corrected chi connectivity index (χ1v) is 11.3. The molecule has 4 amide bonds. The number of piperazine rings is 1. The van der Waals surface area contributed by atoms with Crippen LogP contribution < -0.4 is 20.9 Å². The minimum absolute atomic E-state index is 0.0264. The summed E-state index contributed by atoms with van der Waals surface area (Å²) >= 11 is 0. The van der Waals surface area contributed by atoms with Crippen LogP contribution in [0.3, 0.4) is 0 Å². The third-order valence-electron chi connectivity index (χ3n) is 5.34. The predicted octanol–water partition coefficient (Wildman–Crippen LogP) is 0.630. The second-order valence-corrected chi connectivity index (χ2v) is 7.71. The first kappa shape index (κ1) is 25.4. The maximum Gasteiger partial charge on any atom is 0.319 e. The number of nitrogens with one attached hydrogen (secondary N) is 3. The fourth-order valence-corrected chi connectivity index (χ4v) is 3.41. The van der Waals surface area contributed by atoms with Crippen LogP contribution in [0.2, 0.25) is 0 Å². The molecule has 2 heterocycles. The number of ether oxygens (including phenoxy) is 1. The van der Waals surface area contributed by atoms with Gasteiger partial charge >= 0.3 is 12.0 Å². The molecule has 1 aromatic heterocycles. The van der Waals surface area contributed by atoms with Gasteiger partial charge in [0.05, 0.1) is 13.5 Å². The number of urea groups is 1. The Morgan fingerprint density at radius 2 is 1.57 bits per heavy atom. The van der Waals surface area contributed by atoms with Gasteiger partial charge in [0.25, 0.3) is 5.91 Å². The fraction of sp³-hybridized carbons (Fsp3) is 0.391. The molecule has 1 saturated heterocycles. The monoisotopic (exact) mass is 483 g/mol. The molecule has 3 N–H and O–H groups in total. The van der Waals surface area contributed by atoms with E-state index in [4.69, 9.17) is 0 Å². The van der Waals surface area contributed by atoms with Gasteiger partial charge in [-0.3, -0.25) is 14.4 Å². The third-order valence-corrected chi connectivity index (χ3v) is 5.34. The summed E-state index contributed by atoms with van der Waals surface area (Å²) in [7, 11) is 1.29. The number of methoxy groups -OCH3 is 1. The summed E-state index contributed by atoms with van der Waals surface area (Å²) in [5.74, 6) is -0.106. The Hall–Kier alpha value is -4.22. The van der Waals surface area contributed by atoms with E-state index in [1.807, 2.05) is 4.90 Å². The average Bonchev–Trinajstić information content (AvgIpc) is 2.89. The lowest BCUT2D eigenvalue weighted by Gasteiger charge is -2.34. The van der Waals surface area contributed by atoms with Gasteiger partial charge < -0.3 is 30.5 Å². The van der Waals surface area contributed by atoms with Crippen LogP contribution in [0.1, 0.15) is 23.2 Å². The molecule has 0 aliphatic carbocycles. The van der Waals surface area contributed by atoms with Gasteiger partial charge in [0.2, 0.25) is 11.9 Å². The first-order valence-electron chi connectivity index (χ1n) is 11.3. The number of nitrogens with zero attached hydrogens (tertiary/aromatic N) is 4. The highest BCUT2D eigenvalue weighted by Crippen LogP contribution is 2.11. The van der Waals surface area contributed by atoms with Crippen molar-refractivity contribution in [1.82, 2.24) is 25.5 Å². The number of rotatable bonds is 9. The Labute approximate surface area is 203 Å². The zero-order chi connectivity index (χ0) is 25.0. The molecular weight excluding hydrogens is 454 g/mol. The summed E-state index contributed by atoms with van der Waals surface area (Å²) in [4.78, 5) is 60.0. The van der Waals surface area contributed by atoms with Crippen molar-refractivity contribution in [3.05, 3.63) is 48.3 Å². The van der Waals surface area contributed by atoms with E-state index in [0.717, 1.165) is 0 Å². The Kier molecular flexibility index (Phi) is 9.34. The van der Waals surface area contributed by atoms with E-state index in [-0.39, 0.29) is 37.7 Å². The fourth-order valence-electron chi connectivity index (χ4n) is 3.41. The number of esters is 1. The van der Waals surface area contributed by atoms with Crippen molar-refractivity contribution in [2.45, 2.75) is 12.8 Å². The number of amides is 4. The van der Waals surface area contributed by atoms with Crippen molar-refractivity contribution in [2.75, 3.05) is 56.6 Å². The van der Waals surface area contributed by atoms with Crippen molar-refractivity contribution in [3.8, 4) is 0 Å². The Bertz CT molecular complexity index is 1010. The van der Waals surface area contributed by atoms with Crippen molar-refractivity contribution < 1.29 is 23.9 Å². The number of hydrogen-bond donors (Lipinski definition) is 3. The van der Waals surface area contributed by atoms with Crippen LogP contribution >= 0.6 is 0 Å². The van der Waals surface area contributed by atoms with Crippen LogP contribution in [0.15, 0.2) is 42.7 Å². The van der Waals surface area contributed by atoms with Gasteiger partial charge in [0.1, 0.15) is 0 Å². The summed E-state index contributed by atoms with van der Waals surface area (Å²) < 4.78 is 4.52. The van der Waals surface area contributed by atoms with Crippen LogP contribution in [0.5, 0.6) is 0 Å². The molecule has 186 valence electrons. The molecule has 1 aromatic carbocycles. The van der Waals surface area contributed by atoms with Crippen LogP contribution in [0, 0.1) is 0 Å². The van der Waals surface area contributed by atoms with Gasteiger partial charge in [-0.25, -0.2) is 14.8 Å². The lowest BCUT2D eigenvalue weighted by Crippen LogP contribution is -2.49. The van der Waals surface area contributed by atoms with Gasteiger partial charge in [0, 0.05) is 69.3 Å². The number of aromatic nitrogens is 2. The lowest BCUT2D eigenvalue weighted by atomic mass is 10.2. The highest BCUT2D eigenvalue weighted by molar-refractivity contribution is 5.95. The third kappa shape index (κ3) is 7.95. The quantitative estimate of drug-likeness (QED) is 0.440. The van der Waals surface area contributed by atoms with E-state index in [2.05, 4.69) is 30.7 Å². The Morgan fingerprint density at radius 1 is 0.914 bits per heavy atom. The minimum Gasteiger partial charge on any atom is -0.469 e. The number of benzene rings is 1. The molecule has 35 heavy (non-hydrogen) atoms. The molecule has 0 spiro atoms. The summed E-state index contributed by atoms with van der Waals surface area (Å²) in [6.07, 6.45) is 3.67.